The number of hydrogen-bond donors (Lipinski definition) is 1. The predicted molar refractivity (Wildman–Crippen MR) is 92.8 cm³/mol. The van der Waals surface area contributed by atoms with Crippen molar-refractivity contribution in [3.05, 3.63) is 53.1 Å². The highest BCUT2D eigenvalue weighted by Gasteiger charge is 2.39. The van der Waals surface area contributed by atoms with Gasteiger partial charge in [-0.3, -0.25) is 4.98 Å². The largest absolute Gasteiger partial charge is 0.352 e. The molecule has 0 bridgehead atoms. The number of likely N-dealkylation sites (N-methyl/N-ethyl adjacent to an activating group) is 1. The molecule has 4 nitrogen and oxygen atoms in total. The van der Waals surface area contributed by atoms with Gasteiger partial charge in [0.25, 0.3) is 0 Å². The second-order valence-corrected chi connectivity index (χ2v) is 6.19. The Hall–Kier alpha value is -1.88. The zero-order valence-corrected chi connectivity index (χ0v) is 14.3. The quantitative estimate of drug-likeness (QED) is 0.883. The monoisotopic (exact) mass is 314 g/mol. The van der Waals surface area contributed by atoms with E-state index in [1.807, 2.05) is 18.3 Å². The fraction of sp³-hybridized carbons (Fsp3) is 0.412. The molecule has 22 heavy (non-hydrogen) atoms. The number of thiocarbonyl (C=S) groups is 1. The average Bonchev–Trinajstić information content (AvgIpc) is 2.97. The van der Waals surface area contributed by atoms with Gasteiger partial charge in [0.05, 0.1) is 17.8 Å². The molecule has 3 heterocycles. The molecule has 0 saturated carbocycles. The second-order valence-electron chi connectivity index (χ2n) is 5.81. The highest BCUT2D eigenvalue weighted by atomic mass is 32.1. The van der Waals surface area contributed by atoms with Crippen LogP contribution >= 0.6 is 12.2 Å². The minimum absolute atomic E-state index is 0.0875. The number of nitrogens with zero attached hydrogens (tertiary/aromatic N) is 3. The summed E-state index contributed by atoms with van der Waals surface area (Å²) in [7, 11) is 2.06. The SMILES string of the molecule is CCn1c(C)cc([C@H]2[C@@H](c3ccccn3)NC(=S)N2C)c1C. The third kappa shape index (κ3) is 2.29. The van der Waals surface area contributed by atoms with Gasteiger partial charge < -0.3 is 14.8 Å². The molecule has 0 unspecified atom stereocenters. The second kappa shape index (κ2) is 5.72. The molecular formula is C17H22N4S. The summed E-state index contributed by atoms with van der Waals surface area (Å²) < 4.78 is 2.35. The lowest BCUT2D eigenvalue weighted by molar-refractivity contribution is 0.366. The maximum atomic E-state index is 5.49. The summed E-state index contributed by atoms with van der Waals surface area (Å²) in [5.41, 5.74) is 4.95. The molecular weight excluding hydrogens is 292 g/mol. The van der Waals surface area contributed by atoms with Crippen molar-refractivity contribution in [2.75, 3.05) is 7.05 Å². The molecule has 3 rings (SSSR count). The van der Waals surface area contributed by atoms with Crippen molar-refractivity contribution in [1.29, 1.82) is 0 Å². The third-order valence-electron chi connectivity index (χ3n) is 4.59. The molecule has 1 fully saturated rings. The molecule has 0 spiro atoms. The summed E-state index contributed by atoms with van der Waals surface area (Å²) in [6.07, 6.45) is 1.84. The van der Waals surface area contributed by atoms with Crippen LogP contribution in [0.4, 0.5) is 0 Å². The van der Waals surface area contributed by atoms with Crippen molar-refractivity contribution in [3.8, 4) is 0 Å². The van der Waals surface area contributed by atoms with Crippen molar-refractivity contribution in [2.45, 2.75) is 39.4 Å². The molecule has 0 aromatic carbocycles. The molecule has 2 aromatic rings. The number of nitrogens with one attached hydrogen (secondary N) is 1. The molecule has 0 aliphatic carbocycles. The van der Waals surface area contributed by atoms with Gasteiger partial charge in [-0.05, 0) is 56.8 Å². The number of hydrogen-bond acceptors (Lipinski definition) is 2. The van der Waals surface area contributed by atoms with Gasteiger partial charge in [-0.25, -0.2) is 0 Å². The van der Waals surface area contributed by atoms with Crippen LogP contribution in [0.15, 0.2) is 30.5 Å². The number of rotatable bonds is 3. The average molecular weight is 314 g/mol. The minimum Gasteiger partial charge on any atom is -0.352 e. The Morgan fingerprint density at radius 1 is 1.32 bits per heavy atom. The summed E-state index contributed by atoms with van der Waals surface area (Å²) in [4.78, 5) is 6.68. The zero-order chi connectivity index (χ0) is 15.9. The Bertz CT molecular complexity index is 692. The van der Waals surface area contributed by atoms with Crippen LogP contribution in [0.2, 0.25) is 0 Å². The van der Waals surface area contributed by atoms with E-state index >= 15 is 0 Å². The van der Waals surface area contributed by atoms with Gasteiger partial charge in [0.2, 0.25) is 0 Å². The lowest BCUT2D eigenvalue weighted by atomic mass is 9.97. The Morgan fingerprint density at radius 2 is 2.09 bits per heavy atom. The van der Waals surface area contributed by atoms with Crippen LogP contribution in [0.1, 0.15) is 41.7 Å². The topological polar surface area (TPSA) is 33.1 Å². The first-order valence-corrected chi connectivity index (χ1v) is 8.06. The summed E-state index contributed by atoms with van der Waals surface area (Å²) >= 11 is 5.49. The molecule has 0 amide bonds. The van der Waals surface area contributed by atoms with E-state index in [1.165, 1.54) is 17.0 Å². The molecule has 2 aromatic heterocycles. The van der Waals surface area contributed by atoms with Gasteiger partial charge in [0.1, 0.15) is 0 Å². The number of aryl methyl sites for hydroxylation is 1. The molecule has 116 valence electrons. The van der Waals surface area contributed by atoms with Crippen LogP contribution in [-0.2, 0) is 6.54 Å². The number of pyridine rings is 1. The van der Waals surface area contributed by atoms with Crippen LogP contribution in [0.25, 0.3) is 0 Å². The van der Waals surface area contributed by atoms with Crippen molar-refractivity contribution in [1.82, 2.24) is 19.8 Å². The fourth-order valence-corrected chi connectivity index (χ4v) is 3.70. The Kier molecular flexibility index (Phi) is 3.91. The van der Waals surface area contributed by atoms with Crippen molar-refractivity contribution >= 4 is 17.3 Å². The van der Waals surface area contributed by atoms with Crippen LogP contribution in [0.3, 0.4) is 0 Å². The van der Waals surface area contributed by atoms with Gasteiger partial charge in [-0.1, -0.05) is 6.07 Å². The van der Waals surface area contributed by atoms with E-state index in [0.29, 0.717) is 0 Å². The van der Waals surface area contributed by atoms with E-state index < -0.39 is 0 Å². The maximum Gasteiger partial charge on any atom is 0.169 e. The van der Waals surface area contributed by atoms with Gasteiger partial charge in [0.15, 0.2) is 5.11 Å². The molecule has 1 N–H and O–H groups in total. The van der Waals surface area contributed by atoms with Gasteiger partial charge in [0, 0.05) is 31.2 Å². The molecule has 1 aliphatic rings. The smallest absolute Gasteiger partial charge is 0.169 e. The first-order chi connectivity index (χ1) is 10.5. The van der Waals surface area contributed by atoms with E-state index in [-0.39, 0.29) is 12.1 Å². The molecule has 5 heteroatoms. The van der Waals surface area contributed by atoms with E-state index in [0.717, 1.165) is 17.4 Å². The Morgan fingerprint density at radius 3 is 2.68 bits per heavy atom. The lowest BCUT2D eigenvalue weighted by Crippen LogP contribution is -2.25. The van der Waals surface area contributed by atoms with E-state index in [2.05, 4.69) is 59.7 Å². The van der Waals surface area contributed by atoms with E-state index in [1.54, 1.807) is 0 Å². The third-order valence-corrected chi connectivity index (χ3v) is 4.99. The van der Waals surface area contributed by atoms with Crippen molar-refractivity contribution in [3.63, 3.8) is 0 Å². The van der Waals surface area contributed by atoms with Crippen LogP contribution in [0, 0.1) is 13.8 Å². The molecule has 1 saturated heterocycles. The standard InChI is InChI=1S/C17H22N4S/c1-5-21-11(2)10-13(12(21)3)16-15(19-17(22)20(16)4)14-8-6-7-9-18-14/h6-10,15-16H,5H2,1-4H3,(H,19,22)/t15-,16+/m1/s1. The Labute approximate surface area is 137 Å². The number of aromatic nitrogens is 2. The van der Waals surface area contributed by atoms with Crippen LogP contribution in [-0.4, -0.2) is 26.6 Å². The van der Waals surface area contributed by atoms with Gasteiger partial charge in [-0.2, -0.15) is 0 Å². The summed E-state index contributed by atoms with van der Waals surface area (Å²) in [5.74, 6) is 0. The van der Waals surface area contributed by atoms with Gasteiger partial charge in [-0.15, -0.1) is 0 Å². The highest BCUT2D eigenvalue weighted by Crippen LogP contribution is 2.39. The fourth-order valence-electron chi connectivity index (χ4n) is 3.46. The molecule has 0 radical (unpaired) electrons. The lowest BCUT2D eigenvalue weighted by Gasteiger charge is -2.24. The predicted octanol–water partition coefficient (Wildman–Crippen LogP) is 3.12. The minimum atomic E-state index is 0.0875. The van der Waals surface area contributed by atoms with E-state index in [4.69, 9.17) is 12.2 Å². The molecule has 1 aliphatic heterocycles. The highest BCUT2D eigenvalue weighted by molar-refractivity contribution is 7.80. The summed E-state index contributed by atoms with van der Waals surface area (Å²) in [6.45, 7) is 7.52. The zero-order valence-electron chi connectivity index (χ0n) is 13.5. The van der Waals surface area contributed by atoms with Crippen molar-refractivity contribution in [2.24, 2.45) is 0 Å². The maximum absolute atomic E-state index is 5.49. The van der Waals surface area contributed by atoms with Crippen LogP contribution < -0.4 is 5.32 Å². The summed E-state index contributed by atoms with van der Waals surface area (Å²) in [5, 5.41) is 4.21. The van der Waals surface area contributed by atoms with E-state index in [9.17, 15) is 0 Å². The Balaban J connectivity index is 2.08. The molecule has 2 atom stereocenters. The van der Waals surface area contributed by atoms with Gasteiger partial charge >= 0.3 is 0 Å². The first-order valence-electron chi connectivity index (χ1n) is 7.65. The normalized spacial score (nSPS) is 21.3. The first kappa shape index (κ1) is 15.0. The van der Waals surface area contributed by atoms with Crippen LogP contribution in [0.5, 0.6) is 0 Å². The summed E-state index contributed by atoms with van der Waals surface area (Å²) in [6, 6.07) is 8.58. The van der Waals surface area contributed by atoms with Crippen molar-refractivity contribution < 1.29 is 0 Å².